The number of rotatable bonds is 1. The molecule has 0 aliphatic rings. The minimum atomic E-state index is 0.0721. The summed E-state index contributed by atoms with van der Waals surface area (Å²) >= 11 is 9.66. The number of fused-ring (bicyclic) bond motifs is 1. The zero-order valence-electron chi connectivity index (χ0n) is 6.55. The number of aliphatic hydroxyl groups is 1. The molecule has 1 nitrogen and oxygen atoms in total. The molecule has 0 amide bonds. The lowest BCUT2D eigenvalue weighted by Gasteiger charge is -2.01. The summed E-state index contributed by atoms with van der Waals surface area (Å²) in [6.45, 7) is 0.0721. The van der Waals surface area contributed by atoms with Crippen LogP contribution in [-0.2, 0) is 6.61 Å². The van der Waals surface area contributed by atoms with Crippen molar-refractivity contribution < 1.29 is 5.11 Å². The second kappa shape index (κ2) is 3.73. The average Bonchev–Trinajstić information content (AvgIpc) is 2.45. The van der Waals surface area contributed by atoms with Crippen molar-refractivity contribution >= 4 is 55.6 Å². The van der Waals surface area contributed by atoms with Crippen molar-refractivity contribution in [3.63, 3.8) is 0 Å². The lowest BCUT2D eigenvalue weighted by molar-refractivity contribution is 0.282. The van der Waals surface area contributed by atoms with Gasteiger partial charge in [-0.3, -0.25) is 0 Å². The topological polar surface area (TPSA) is 20.2 Å². The largest absolute Gasteiger partial charge is 0.392 e. The molecule has 1 aromatic carbocycles. The third-order valence-corrected chi connectivity index (χ3v) is 4.12. The Morgan fingerprint density at radius 1 is 1.46 bits per heavy atom. The van der Waals surface area contributed by atoms with Gasteiger partial charge in [0.2, 0.25) is 0 Å². The van der Waals surface area contributed by atoms with E-state index in [1.807, 2.05) is 18.2 Å². The maximum atomic E-state index is 9.18. The van der Waals surface area contributed by atoms with Crippen LogP contribution in [0.25, 0.3) is 10.1 Å². The van der Waals surface area contributed by atoms with Crippen molar-refractivity contribution in [3.8, 4) is 0 Å². The fourth-order valence-corrected chi connectivity index (χ4v) is 3.09. The molecule has 0 spiro atoms. The van der Waals surface area contributed by atoms with E-state index in [1.54, 1.807) is 11.3 Å². The Kier molecular flexibility index (Phi) is 2.78. The molecule has 1 N–H and O–H groups in total. The molecule has 0 radical (unpaired) electrons. The Bertz CT molecular complexity index is 452. The van der Waals surface area contributed by atoms with E-state index in [0.29, 0.717) is 0 Å². The molecule has 1 heterocycles. The number of halogens is 2. The molecule has 0 aliphatic carbocycles. The summed E-state index contributed by atoms with van der Waals surface area (Å²) in [4.78, 5) is 0. The molecule has 0 aliphatic heterocycles. The van der Waals surface area contributed by atoms with Gasteiger partial charge in [0, 0.05) is 13.7 Å². The van der Waals surface area contributed by atoms with E-state index in [1.165, 1.54) is 0 Å². The molecular formula is C9H6ClIOS. The van der Waals surface area contributed by atoms with Gasteiger partial charge in [-0.25, -0.2) is 0 Å². The Morgan fingerprint density at radius 3 is 2.92 bits per heavy atom. The molecule has 0 atom stereocenters. The zero-order valence-corrected chi connectivity index (χ0v) is 10.3. The third kappa shape index (κ3) is 1.70. The van der Waals surface area contributed by atoms with Crippen molar-refractivity contribution in [3.05, 3.63) is 31.7 Å². The molecule has 13 heavy (non-hydrogen) atoms. The average molecular weight is 325 g/mol. The summed E-state index contributed by atoms with van der Waals surface area (Å²) in [5, 5.41) is 10.3. The summed E-state index contributed by atoms with van der Waals surface area (Å²) in [5.41, 5.74) is 0.973. The lowest BCUT2D eigenvalue weighted by atomic mass is 10.1. The van der Waals surface area contributed by atoms with Gasteiger partial charge in [0.05, 0.1) is 10.9 Å². The molecule has 1 aromatic heterocycles. The molecule has 2 rings (SSSR count). The fourth-order valence-electron chi connectivity index (χ4n) is 1.27. The van der Waals surface area contributed by atoms with Crippen LogP contribution in [0.15, 0.2) is 18.2 Å². The van der Waals surface area contributed by atoms with Crippen LogP contribution in [0.3, 0.4) is 0 Å². The summed E-state index contributed by atoms with van der Waals surface area (Å²) < 4.78 is 2.99. The highest BCUT2D eigenvalue weighted by Crippen LogP contribution is 2.33. The molecule has 68 valence electrons. The van der Waals surface area contributed by atoms with Crippen LogP contribution >= 0.6 is 45.5 Å². The van der Waals surface area contributed by atoms with Crippen LogP contribution in [0.1, 0.15) is 5.56 Å². The predicted molar refractivity (Wildman–Crippen MR) is 65.5 cm³/mol. The normalized spacial score (nSPS) is 11.0. The first kappa shape index (κ1) is 9.71. The summed E-state index contributed by atoms with van der Waals surface area (Å²) in [6.07, 6.45) is 0. The summed E-state index contributed by atoms with van der Waals surface area (Å²) in [6, 6.07) is 5.95. The van der Waals surface area contributed by atoms with E-state index in [4.69, 9.17) is 11.6 Å². The van der Waals surface area contributed by atoms with Gasteiger partial charge < -0.3 is 5.11 Å². The Labute approximate surface area is 98.5 Å². The number of hydrogen-bond acceptors (Lipinski definition) is 2. The van der Waals surface area contributed by atoms with Crippen molar-refractivity contribution in [1.82, 2.24) is 0 Å². The number of aliphatic hydroxyl groups excluding tert-OH is 1. The van der Waals surface area contributed by atoms with E-state index in [9.17, 15) is 5.11 Å². The van der Waals surface area contributed by atoms with Crippen molar-refractivity contribution in [2.24, 2.45) is 0 Å². The summed E-state index contributed by atoms with van der Waals surface area (Å²) in [7, 11) is 0. The van der Waals surface area contributed by atoms with Gasteiger partial charge >= 0.3 is 0 Å². The molecule has 2 aromatic rings. The van der Waals surface area contributed by atoms with Gasteiger partial charge in [-0.1, -0.05) is 11.6 Å². The molecule has 0 saturated heterocycles. The smallest absolute Gasteiger partial charge is 0.0941 e. The highest BCUT2D eigenvalue weighted by molar-refractivity contribution is 14.1. The fraction of sp³-hybridized carbons (Fsp3) is 0.111. The molecule has 0 bridgehead atoms. The highest BCUT2D eigenvalue weighted by Gasteiger charge is 2.07. The maximum absolute atomic E-state index is 9.18. The third-order valence-electron chi connectivity index (χ3n) is 1.88. The molecule has 0 unspecified atom stereocenters. The first-order valence-corrected chi connectivity index (χ1v) is 5.97. The van der Waals surface area contributed by atoms with Gasteiger partial charge in [0.25, 0.3) is 0 Å². The van der Waals surface area contributed by atoms with Gasteiger partial charge in [0.15, 0.2) is 0 Å². The minimum absolute atomic E-state index is 0.0721. The van der Waals surface area contributed by atoms with Crippen LogP contribution in [0, 0.1) is 3.57 Å². The maximum Gasteiger partial charge on any atom is 0.0941 e. The van der Waals surface area contributed by atoms with Crippen LogP contribution in [-0.4, -0.2) is 5.11 Å². The number of thiophene rings is 1. The first-order valence-electron chi connectivity index (χ1n) is 3.69. The second-order valence-corrected chi connectivity index (χ2v) is 5.52. The molecule has 0 saturated carbocycles. The first-order chi connectivity index (χ1) is 6.22. The minimum Gasteiger partial charge on any atom is -0.392 e. The SMILES string of the molecule is OCc1c(I)ccc2sc(Cl)cc12. The standard InChI is InChI=1S/C9H6ClIOS/c10-9-3-5-6(4-12)7(11)1-2-8(5)13-9/h1-3,12H,4H2. The van der Waals surface area contributed by atoms with E-state index >= 15 is 0 Å². The summed E-state index contributed by atoms with van der Waals surface area (Å²) in [5.74, 6) is 0. The number of hydrogen-bond donors (Lipinski definition) is 1. The molecule has 4 heteroatoms. The van der Waals surface area contributed by atoms with Crippen molar-refractivity contribution in [2.45, 2.75) is 6.61 Å². The van der Waals surface area contributed by atoms with E-state index in [2.05, 4.69) is 22.6 Å². The van der Waals surface area contributed by atoms with Crippen molar-refractivity contribution in [2.75, 3.05) is 0 Å². The predicted octanol–water partition coefficient (Wildman–Crippen LogP) is 3.65. The monoisotopic (exact) mass is 324 g/mol. The Morgan fingerprint density at radius 2 is 2.23 bits per heavy atom. The van der Waals surface area contributed by atoms with Gasteiger partial charge in [-0.05, 0) is 46.4 Å². The van der Waals surface area contributed by atoms with E-state index in [0.717, 1.165) is 23.6 Å². The highest BCUT2D eigenvalue weighted by atomic mass is 127. The van der Waals surface area contributed by atoms with Crippen LogP contribution in [0.2, 0.25) is 4.34 Å². The Balaban J connectivity index is 2.82. The van der Waals surface area contributed by atoms with Crippen LogP contribution in [0.5, 0.6) is 0 Å². The number of benzene rings is 1. The van der Waals surface area contributed by atoms with Crippen molar-refractivity contribution in [1.29, 1.82) is 0 Å². The lowest BCUT2D eigenvalue weighted by Crippen LogP contribution is -1.87. The molecular weight excluding hydrogens is 319 g/mol. The quantitative estimate of drug-likeness (QED) is 0.794. The van der Waals surface area contributed by atoms with Gasteiger partial charge in [-0.2, -0.15) is 0 Å². The van der Waals surface area contributed by atoms with Crippen LogP contribution in [0.4, 0.5) is 0 Å². The Hall–Kier alpha value is 0.160. The van der Waals surface area contributed by atoms with E-state index in [-0.39, 0.29) is 6.61 Å². The second-order valence-electron chi connectivity index (χ2n) is 2.65. The zero-order chi connectivity index (χ0) is 9.42. The van der Waals surface area contributed by atoms with Crippen LogP contribution < -0.4 is 0 Å². The van der Waals surface area contributed by atoms with Gasteiger partial charge in [0.1, 0.15) is 0 Å². The van der Waals surface area contributed by atoms with Gasteiger partial charge in [-0.15, -0.1) is 11.3 Å². The van der Waals surface area contributed by atoms with E-state index < -0.39 is 0 Å². The molecule has 0 fully saturated rings.